The summed E-state index contributed by atoms with van der Waals surface area (Å²) in [6, 6.07) is 14.2. The number of hydrogen-bond donors (Lipinski definition) is 2. The number of anilines is 3. The predicted molar refractivity (Wildman–Crippen MR) is 180 cm³/mol. The van der Waals surface area contributed by atoms with Crippen molar-refractivity contribution in [1.82, 2.24) is 9.78 Å². The van der Waals surface area contributed by atoms with Crippen LogP contribution in [0.1, 0.15) is 69.4 Å². The molecule has 1 aromatic heterocycles. The Hall–Kier alpha value is -5.04. The van der Waals surface area contributed by atoms with Crippen molar-refractivity contribution in [3.63, 3.8) is 0 Å². The summed E-state index contributed by atoms with van der Waals surface area (Å²) < 4.78 is 12.1. The highest BCUT2D eigenvalue weighted by Crippen LogP contribution is 2.35. The summed E-state index contributed by atoms with van der Waals surface area (Å²) in [6.45, 7) is 14.2. The van der Waals surface area contributed by atoms with Crippen molar-refractivity contribution >= 4 is 40.9 Å². The molecule has 0 radical (unpaired) electrons. The Balaban J connectivity index is 1.49. The average molecular weight is 626 g/mol. The Morgan fingerprint density at radius 1 is 1.09 bits per heavy atom. The van der Waals surface area contributed by atoms with E-state index in [-0.39, 0.29) is 23.0 Å². The second-order valence-corrected chi connectivity index (χ2v) is 11.3. The number of hydrogen-bond acceptors (Lipinski definition) is 7. The van der Waals surface area contributed by atoms with E-state index in [1.807, 2.05) is 30.3 Å². The first-order valence-corrected chi connectivity index (χ1v) is 15.9. The second kappa shape index (κ2) is 16.9. The molecule has 1 aliphatic rings. The Kier molecular flexibility index (Phi) is 12.4. The van der Waals surface area contributed by atoms with Crippen LogP contribution in [-0.4, -0.2) is 46.6 Å². The van der Waals surface area contributed by atoms with Gasteiger partial charge in [-0.05, 0) is 66.4 Å². The van der Waals surface area contributed by atoms with Gasteiger partial charge in [0, 0.05) is 23.1 Å². The molecule has 242 valence electrons. The molecule has 0 aliphatic carbocycles. The van der Waals surface area contributed by atoms with E-state index in [9.17, 15) is 14.7 Å². The number of carboxylic acid groups (broad SMARTS) is 1. The van der Waals surface area contributed by atoms with Gasteiger partial charge < -0.3 is 25.2 Å². The van der Waals surface area contributed by atoms with Crippen molar-refractivity contribution in [2.75, 3.05) is 30.4 Å². The normalized spacial score (nSPS) is 13.2. The van der Waals surface area contributed by atoms with E-state index >= 15 is 0 Å². The summed E-state index contributed by atoms with van der Waals surface area (Å²) in [7, 11) is 0. The molecule has 4 rings (SSSR count). The number of esters is 1. The first kappa shape index (κ1) is 33.8. The summed E-state index contributed by atoms with van der Waals surface area (Å²) in [4.78, 5) is 29.8. The smallest absolute Gasteiger partial charge is 0.338 e. The lowest BCUT2D eigenvalue weighted by molar-refractivity contribution is -0.138. The number of rotatable bonds is 17. The van der Waals surface area contributed by atoms with Crippen LogP contribution in [0.5, 0.6) is 5.75 Å². The third-order valence-corrected chi connectivity index (χ3v) is 7.89. The van der Waals surface area contributed by atoms with Gasteiger partial charge >= 0.3 is 11.9 Å². The SMILES string of the molecule is [C-]#[N+]C(C(=O)OCC=C)=c1/c(=C/c2ccc3c(c2)CCN3c2ccc(OCCCCCCCCCC)cc2)c(N)nn1CC(=O)O. The quantitative estimate of drug-likeness (QED) is 0.0891. The Bertz CT molecular complexity index is 1690. The lowest BCUT2D eigenvalue weighted by Crippen LogP contribution is -2.36. The van der Waals surface area contributed by atoms with Crippen LogP contribution in [0.4, 0.5) is 17.2 Å². The third-order valence-electron chi connectivity index (χ3n) is 7.89. The zero-order valence-corrected chi connectivity index (χ0v) is 26.5. The fourth-order valence-corrected chi connectivity index (χ4v) is 5.62. The van der Waals surface area contributed by atoms with E-state index in [0.717, 1.165) is 58.9 Å². The lowest BCUT2D eigenvalue weighted by Gasteiger charge is -2.20. The molecule has 0 atom stereocenters. The highest BCUT2D eigenvalue weighted by atomic mass is 16.5. The van der Waals surface area contributed by atoms with Gasteiger partial charge in [-0.3, -0.25) is 14.3 Å². The van der Waals surface area contributed by atoms with E-state index in [1.54, 1.807) is 6.08 Å². The Labute approximate surface area is 270 Å². The van der Waals surface area contributed by atoms with Crippen LogP contribution in [-0.2, 0) is 27.3 Å². The summed E-state index contributed by atoms with van der Waals surface area (Å²) >= 11 is 0. The molecule has 0 saturated heterocycles. The number of aliphatic carboxylic acids is 1. The molecule has 0 amide bonds. The maximum Gasteiger partial charge on any atom is 0.338 e. The number of benzene rings is 2. The van der Waals surface area contributed by atoms with Gasteiger partial charge in [0.25, 0.3) is 5.70 Å². The maximum atomic E-state index is 12.7. The van der Waals surface area contributed by atoms with Gasteiger partial charge in [-0.1, -0.05) is 70.6 Å². The maximum absolute atomic E-state index is 12.7. The monoisotopic (exact) mass is 625 g/mol. The van der Waals surface area contributed by atoms with Gasteiger partial charge in [-0.25, -0.2) is 4.85 Å². The van der Waals surface area contributed by atoms with Crippen molar-refractivity contribution in [1.29, 1.82) is 0 Å². The number of carbonyl (C=O) groups excluding carboxylic acids is 1. The highest BCUT2D eigenvalue weighted by Gasteiger charge is 2.22. The number of unbranched alkanes of at least 4 members (excludes halogenated alkanes) is 7. The molecule has 3 aromatic rings. The van der Waals surface area contributed by atoms with Gasteiger partial charge in [0.15, 0.2) is 5.82 Å². The van der Waals surface area contributed by atoms with Crippen molar-refractivity contribution in [2.24, 2.45) is 0 Å². The van der Waals surface area contributed by atoms with Gasteiger partial charge in [-0.2, -0.15) is 5.10 Å². The largest absolute Gasteiger partial charge is 0.494 e. The molecular formula is C36H43N5O5. The van der Waals surface area contributed by atoms with Crippen molar-refractivity contribution in [2.45, 2.75) is 71.3 Å². The number of fused-ring (bicyclic) bond motifs is 1. The minimum atomic E-state index is -1.19. The minimum absolute atomic E-state index is 0.000707. The van der Waals surface area contributed by atoms with E-state index in [0.29, 0.717) is 0 Å². The van der Waals surface area contributed by atoms with Crippen LogP contribution in [0, 0.1) is 6.57 Å². The summed E-state index contributed by atoms with van der Waals surface area (Å²) in [5.41, 5.74) is 9.85. The number of ether oxygens (including phenoxy) is 2. The second-order valence-electron chi connectivity index (χ2n) is 11.3. The topological polar surface area (TPSA) is 124 Å². The van der Waals surface area contributed by atoms with Crippen LogP contribution in [0.25, 0.3) is 16.6 Å². The molecule has 10 nitrogen and oxygen atoms in total. The van der Waals surface area contributed by atoms with E-state index in [2.05, 4.69) is 40.5 Å². The minimum Gasteiger partial charge on any atom is -0.494 e. The fraction of sp³-hybridized carbons (Fsp3) is 0.389. The standard InChI is InChI=1S/C36H43N5O5/c1-4-6-7-8-9-10-11-12-22-45-29-16-14-28(15-17-29)40-20-19-27-23-26(13-18-31(27)40)24-30-34(33(38-3)36(44)46-21-5-2)41(25-32(42)43)39-35(30)37/h5,13-18,23-24H,2,4,6-12,19-22,25H2,1H3,(H2,37,39)(H,42,43)/b30-24-,34-33?. The molecular weight excluding hydrogens is 582 g/mol. The van der Waals surface area contributed by atoms with Crippen LogP contribution < -0.4 is 25.9 Å². The lowest BCUT2D eigenvalue weighted by atomic mass is 10.1. The molecule has 0 saturated carbocycles. The zero-order chi connectivity index (χ0) is 32.9. The average Bonchev–Trinajstić information content (AvgIpc) is 3.59. The number of carbonyl (C=O) groups is 2. The van der Waals surface area contributed by atoms with Crippen LogP contribution >= 0.6 is 0 Å². The first-order valence-electron chi connectivity index (χ1n) is 15.9. The van der Waals surface area contributed by atoms with Crippen molar-refractivity contribution < 1.29 is 24.2 Å². The third kappa shape index (κ3) is 8.78. The van der Waals surface area contributed by atoms with E-state index in [4.69, 9.17) is 21.8 Å². The summed E-state index contributed by atoms with van der Waals surface area (Å²) in [5, 5.41) is 13.8. The first-order chi connectivity index (χ1) is 22.4. The van der Waals surface area contributed by atoms with Gasteiger partial charge in [0.1, 0.15) is 18.9 Å². The van der Waals surface area contributed by atoms with E-state index in [1.165, 1.54) is 51.0 Å². The summed E-state index contributed by atoms with van der Waals surface area (Å²) in [6.07, 6.45) is 14.1. The van der Waals surface area contributed by atoms with Gasteiger partial charge in [0.05, 0.1) is 18.5 Å². The molecule has 10 heteroatoms. The highest BCUT2D eigenvalue weighted by molar-refractivity contribution is 6.12. The number of nitrogens with two attached hydrogens (primary N) is 1. The molecule has 46 heavy (non-hydrogen) atoms. The summed E-state index contributed by atoms with van der Waals surface area (Å²) in [5.74, 6) is -1.23. The van der Waals surface area contributed by atoms with Crippen LogP contribution in [0.2, 0.25) is 0 Å². The Morgan fingerprint density at radius 3 is 2.48 bits per heavy atom. The molecule has 0 fully saturated rings. The fourth-order valence-electron chi connectivity index (χ4n) is 5.62. The molecule has 0 unspecified atom stereocenters. The van der Waals surface area contributed by atoms with Crippen LogP contribution in [0.15, 0.2) is 55.1 Å². The number of nitrogens with zero attached hydrogens (tertiary/aromatic N) is 4. The van der Waals surface area contributed by atoms with Gasteiger partial charge in [0.2, 0.25) is 0 Å². The number of carboxylic acids is 1. The molecule has 2 heterocycles. The Morgan fingerprint density at radius 2 is 1.80 bits per heavy atom. The molecule has 2 aromatic carbocycles. The van der Waals surface area contributed by atoms with Crippen molar-refractivity contribution in [3.8, 4) is 5.75 Å². The van der Waals surface area contributed by atoms with Gasteiger partial charge in [-0.15, -0.1) is 0 Å². The van der Waals surface area contributed by atoms with Crippen molar-refractivity contribution in [3.05, 3.63) is 88.2 Å². The molecule has 1 aliphatic heterocycles. The predicted octanol–water partition coefficient (Wildman–Crippen LogP) is 5.35. The van der Waals surface area contributed by atoms with E-state index < -0.39 is 24.2 Å². The number of nitrogen functional groups attached to an aromatic ring is 1. The molecule has 0 bridgehead atoms. The molecule has 3 N–H and O–H groups in total. The molecule has 0 spiro atoms. The number of aromatic nitrogens is 2. The zero-order valence-electron chi connectivity index (χ0n) is 26.5. The van der Waals surface area contributed by atoms with Crippen LogP contribution in [0.3, 0.4) is 0 Å².